The Morgan fingerprint density at radius 1 is 1.05 bits per heavy atom. The van der Waals surface area contributed by atoms with E-state index in [4.69, 9.17) is 0 Å². The van der Waals surface area contributed by atoms with Crippen LogP contribution in [0.2, 0.25) is 0 Å². The maximum Gasteiger partial charge on any atom is 0.144 e. The van der Waals surface area contributed by atoms with Crippen LogP contribution in [0.4, 0.5) is 5.82 Å². The summed E-state index contributed by atoms with van der Waals surface area (Å²) in [4.78, 5) is 9.18. The van der Waals surface area contributed by atoms with E-state index in [0.717, 1.165) is 34.8 Å². The summed E-state index contributed by atoms with van der Waals surface area (Å²) in [5.41, 5.74) is 4.78. The average molecular weight is 334 g/mol. The standard InChI is InChI=1S/C16H20BrN3/c1-5-18-16-15(17)12(4)19-14(20-16)9-13-7-10(2)6-11(3)8-13/h6-8H,5,9H2,1-4H3,(H,18,19,20). The van der Waals surface area contributed by atoms with Crippen molar-refractivity contribution in [3.05, 3.63) is 50.9 Å². The highest BCUT2D eigenvalue weighted by atomic mass is 79.9. The molecule has 2 rings (SSSR count). The minimum atomic E-state index is 0.759. The maximum atomic E-state index is 4.61. The smallest absolute Gasteiger partial charge is 0.144 e. The number of benzene rings is 1. The SMILES string of the molecule is CCNc1nc(Cc2cc(C)cc(C)c2)nc(C)c1Br. The molecule has 0 atom stereocenters. The van der Waals surface area contributed by atoms with E-state index in [0.29, 0.717) is 0 Å². The van der Waals surface area contributed by atoms with Crippen molar-refractivity contribution in [2.45, 2.75) is 34.1 Å². The van der Waals surface area contributed by atoms with Crippen molar-refractivity contribution < 1.29 is 0 Å². The first-order valence-electron chi connectivity index (χ1n) is 6.83. The molecule has 0 aliphatic heterocycles. The van der Waals surface area contributed by atoms with E-state index in [9.17, 15) is 0 Å². The molecule has 4 heteroatoms. The fourth-order valence-corrected chi connectivity index (χ4v) is 2.65. The predicted octanol–water partition coefficient (Wildman–Crippen LogP) is 4.19. The third kappa shape index (κ3) is 3.57. The molecule has 0 spiro atoms. The summed E-state index contributed by atoms with van der Waals surface area (Å²) >= 11 is 3.54. The minimum Gasteiger partial charge on any atom is -0.369 e. The number of aryl methyl sites for hydroxylation is 3. The van der Waals surface area contributed by atoms with Gasteiger partial charge in [-0.25, -0.2) is 9.97 Å². The number of nitrogens with one attached hydrogen (secondary N) is 1. The van der Waals surface area contributed by atoms with Gasteiger partial charge in [0, 0.05) is 13.0 Å². The lowest BCUT2D eigenvalue weighted by molar-refractivity contribution is 0.928. The molecular formula is C16H20BrN3. The fourth-order valence-electron chi connectivity index (χ4n) is 2.33. The number of anilines is 1. The molecule has 1 N–H and O–H groups in total. The third-order valence-electron chi connectivity index (χ3n) is 3.05. The molecule has 2 aromatic rings. The number of halogens is 1. The Morgan fingerprint density at radius 2 is 1.70 bits per heavy atom. The van der Waals surface area contributed by atoms with Gasteiger partial charge in [0.15, 0.2) is 0 Å². The lowest BCUT2D eigenvalue weighted by atomic mass is 10.0. The number of hydrogen-bond acceptors (Lipinski definition) is 3. The van der Waals surface area contributed by atoms with Crippen LogP contribution in [0.1, 0.15) is 35.1 Å². The van der Waals surface area contributed by atoms with E-state index in [-0.39, 0.29) is 0 Å². The number of hydrogen-bond donors (Lipinski definition) is 1. The Hall–Kier alpha value is -1.42. The summed E-state index contributed by atoms with van der Waals surface area (Å²) in [7, 11) is 0. The van der Waals surface area contributed by atoms with Gasteiger partial charge in [-0.2, -0.15) is 0 Å². The molecular weight excluding hydrogens is 314 g/mol. The normalized spacial score (nSPS) is 10.7. The Labute approximate surface area is 129 Å². The number of rotatable bonds is 4. The Bertz CT molecular complexity index is 603. The second kappa shape index (κ2) is 6.35. The fraction of sp³-hybridized carbons (Fsp3) is 0.375. The van der Waals surface area contributed by atoms with Crippen molar-refractivity contribution in [1.82, 2.24) is 9.97 Å². The molecule has 1 aromatic carbocycles. The summed E-state index contributed by atoms with van der Waals surface area (Å²) in [6, 6.07) is 6.57. The second-order valence-corrected chi connectivity index (χ2v) is 5.88. The lowest BCUT2D eigenvalue weighted by Crippen LogP contribution is -2.07. The van der Waals surface area contributed by atoms with E-state index < -0.39 is 0 Å². The molecule has 0 aliphatic carbocycles. The van der Waals surface area contributed by atoms with Crippen molar-refractivity contribution in [3.63, 3.8) is 0 Å². The van der Waals surface area contributed by atoms with Gasteiger partial charge in [-0.1, -0.05) is 29.3 Å². The van der Waals surface area contributed by atoms with Crippen LogP contribution in [0.3, 0.4) is 0 Å². The molecule has 20 heavy (non-hydrogen) atoms. The molecule has 0 saturated carbocycles. The highest BCUT2D eigenvalue weighted by molar-refractivity contribution is 9.10. The monoisotopic (exact) mass is 333 g/mol. The largest absolute Gasteiger partial charge is 0.369 e. The van der Waals surface area contributed by atoms with Gasteiger partial charge in [0.25, 0.3) is 0 Å². The maximum absolute atomic E-state index is 4.61. The molecule has 1 heterocycles. The molecule has 0 radical (unpaired) electrons. The van der Waals surface area contributed by atoms with Crippen molar-refractivity contribution in [2.24, 2.45) is 0 Å². The summed E-state index contributed by atoms with van der Waals surface area (Å²) in [6.45, 7) is 9.14. The van der Waals surface area contributed by atoms with Gasteiger partial charge < -0.3 is 5.32 Å². The third-order valence-corrected chi connectivity index (χ3v) is 4.00. The minimum absolute atomic E-state index is 0.759. The number of nitrogens with zero attached hydrogens (tertiary/aromatic N) is 2. The van der Waals surface area contributed by atoms with Gasteiger partial charge in [-0.15, -0.1) is 0 Å². The molecule has 3 nitrogen and oxygen atoms in total. The molecule has 1 aromatic heterocycles. The van der Waals surface area contributed by atoms with Crippen molar-refractivity contribution in [1.29, 1.82) is 0 Å². The van der Waals surface area contributed by atoms with Gasteiger partial charge in [0.05, 0.1) is 10.2 Å². The zero-order valence-electron chi connectivity index (χ0n) is 12.4. The topological polar surface area (TPSA) is 37.8 Å². The van der Waals surface area contributed by atoms with Gasteiger partial charge in [-0.3, -0.25) is 0 Å². The van der Waals surface area contributed by atoms with Crippen LogP contribution in [0.15, 0.2) is 22.7 Å². The van der Waals surface area contributed by atoms with Crippen molar-refractivity contribution in [2.75, 3.05) is 11.9 Å². The summed E-state index contributed by atoms with van der Waals surface area (Å²) in [5, 5.41) is 3.27. The zero-order chi connectivity index (χ0) is 14.7. The highest BCUT2D eigenvalue weighted by Gasteiger charge is 2.09. The predicted molar refractivity (Wildman–Crippen MR) is 87.4 cm³/mol. The zero-order valence-corrected chi connectivity index (χ0v) is 14.0. The summed E-state index contributed by atoms with van der Waals surface area (Å²) in [5.74, 6) is 1.73. The summed E-state index contributed by atoms with van der Waals surface area (Å²) in [6.07, 6.45) is 0.759. The van der Waals surface area contributed by atoms with Crippen LogP contribution in [-0.4, -0.2) is 16.5 Å². The highest BCUT2D eigenvalue weighted by Crippen LogP contribution is 2.23. The molecule has 0 saturated heterocycles. The molecule has 0 amide bonds. The summed E-state index contributed by atoms with van der Waals surface area (Å²) < 4.78 is 0.948. The van der Waals surface area contributed by atoms with Crippen LogP contribution in [0.5, 0.6) is 0 Å². The van der Waals surface area contributed by atoms with Crippen LogP contribution in [0.25, 0.3) is 0 Å². The van der Waals surface area contributed by atoms with Gasteiger partial charge >= 0.3 is 0 Å². The quantitative estimate of drug-likeness (QED) is 0.911. The van der Waals surface area contributed by atoms with Crippen LogP contribution >= 0.6 is 15.9 Å². The average Bonchev–Trinajstić information content (AvgIpc) is 2.34. The Morgan fingerprint density at radius 3 is 2.30 bits per heavy atom. The molecule has 0 aliphatic rings. The first kappa shape index (κ1) is 15.0. The van der Waals surface area contributed by atoms with Crippen LogP contribution in [0, 0.1) is 20.8 Å². The molecule has 0 bridgehead atoms. The van der Waals surface area contributed by atoms with Crippen molar-refractivity contribution >= 4 is 21.7 Å². The first-order valence-corrected chi connectivity index (χ1v) is 7.63. The second-order valence-electron chi connectivity index (χ2n) is 5.09. The Balaban J connectivity index is 2.33. The van der Waals surface area contributed by atoms with Crippen LogP contribution in [-0.2, 0) is 6.42 Å². The number of aromatic nitrogens is 2. The van der Waals surface area contributed by atoms with E-state index in [1.807, 2.05) is 6.92 Å². The first-order chi connectivity index (χ1) is 9.49. The molecule has 0 fully saturated rings. The Kier molecular flexibility index (Phi) is 4.76. The van der Waals surface area contributed by atoms with Crippen molar-refractivity contribution in [3.8, 4) is 0 Å². The van der Waals surface area contributed by atoms with E-state index >= 15 is 0 Å². The molecule has 0 unspecified atom stereocenters. The molecule has 106 valence electrons. The van der Waals surface area contributed by atoms with Gasteiger partial charge in [0.2, 0.25) is 0 Å². The van der Waals surface area contributed by atoms with E-state index in [1.54, 1.807) is 0 Å². The van der Waals surface area contributed by atoms with Gasteiger partial charge in [-0.05, 0) is 49.2 Å². The van der Waals surface area contributed by atoms with Gasteiger partial charge in [0.1, 0.15) is 11.6 Å². The van der Waals surface area contributed by atoms with Crippen LogP contribution < -0.4 is 5.32 Å². The lowest BCUT2D eigenvalue weighted by Gasteiger charge is -2.10. The van der Waals surface area contributed by atoms with E-state index in [2.05, 4.69) is 70.2 Å². The van der Waals surface area contributed by atoms with E-state index in [1.165, 1.54) is 16.7 Å².